The van der Waals surface area contributed by atoms with Crippen LogP contribution < -0.4 is 0 Å². The lowest BCUT2D eigenvalue weighted by Crippen LogP contribution is -2.36. The highest BCUT2D eigenvalue weighted by molar-refractivity contribution is 5.76. The van der Waals surface area contributed by atoms with Crippen molar-refractivity contribution in [1.29, 1.82) is 0 Å². The summed E-state index contributed by atoms with van der Waals surface area (Å²) in [5, 5.41) is 9.26. The van der Waals surface area contributed by atoms with Gasteiger partial charge in [-0.15, -0.1) is 0 Å². The highest BCUT2D eigenvalue weighted by Crippen LogP contribution is 2.23. The topological polar surface area (TPSA) is 40.5 Å². The fourth-order valence-corrected chi connectivity index (χ4v) is 2.49. The molecule has 0 radical (unpaired) electrons. The lowest BCUT2D eigenvalue weighted by atomic mass is 9.97. The molecular formula is C14H17F2NO2. The van der Waals surface area contributed by atoms with E-state index in [2.05, 4.69) is 0 Å². The number of nitrogens with zero attached hydrogens (tertiary/aromatic N) is 1. The Morgan fingerprint density at radius 3 is 2.58 bits per heavy atom. The summed E-state index contributed by atoms with van der Waals surface area (Å²) in [6.07, 6.45) is 3.19. The molecule has 1 aliphatic rings. The van der Waals surface area contributed by atoms with E-state index in [9.17, 15) is 18.7 Å². The van der Waals surface area contributed by atoms with E-state index in [1.807, 2.05) is 4.90 Å². The Balaban J connectivity index is 2.19. The first kappa shape index (κ1) is 13.9. The zero-order chi connectivity index (χ0) is 13.8. The van der Waals surface area contributed by atoms with Crippen LogP contribution in [0, 0.1) is 11.6 Å². The molecule has 0 aromatic heterocycles. The molecule has 0 aliphatic carbocycles. The fraction of sp³-hybridized carbons (Fsp3) is 0.500. The Morgan fingerprint density at radius 2 is 1.95 bits per heavy atom. The molecule has 1 fully saturated rings. The lowest BCUT2D eigenvalue weighted by molar-refractivity contribution is -0.139. The molecular weight excluding hydrogens is 252 g/mol. The van der Waals surface area contributed by atoms with Crippen molar-refractivity contribution in [2.45, 2.75) is 25.2 Å². The molecule has 5 heteroatoms. The Kier molecular flexibility index (Phi) is 4.47. The predicted octanol–water partition coefficient (Wildman–Crippen LogP) is 2.62. The SMILES string of the molecule is O=C(O)C(CN1CCCCC1)c1cc(F)ccc1F. The van der Waals surface area contributed by atoms with Crippen LogP contribution in [0.3, 0.4) is 0 Å². The number of rotatable bonds is 4. The molecule has 1 N–H and O–H groups in total. The summed E-state index contributed by atoms with van der Waals surface area (Å²) in [6.45, 7) is 1.87. The van der Waals surface area contributed by atoms with Crippen LogP contribution in [0.4, 0.5) is 8.78 Å². The summed E-state index contributed by atoms with van der Waals surface area (Å²) in [6, 6.07) is 2.97. The van der Waals surface area contributed by atoms with Crippen molar-refractivity contribution >= 4 is 5.97 Å². The second-order valence-corrected chi connectivity index (χ2v) is 4.92. The normalized spacial score (nSPS) is 18.2. The van der Waals surface area contributed by atoms with Crippen molar-refractivity contribution in [3.05, 3.63) is 35.4 Å². The van der Waals surface area contributed by atoms with Crippen molar-refractivity contribution in [2.24, 2.45) is 0 Å². The minimum Gasteiger partial charge on any atom is -0.481 e. The first-order valence-corrected chi connectivity index (χ1v) is 6.48. The van der Waals surface area contributed by atoms with Crippen molar-refractivity contribution in [3.8, 4) is 0 Å². The first-order chi connectivity index (χ1) is 9.08. The number of aliphatic carboxylic acids is 1. The van der Waals surface area contributed by atoms with E-state index in [-0.39, 0.29) is 12.1 Å². The molecule has 3 nitrogen and oxygen atoms in total. The molecule has 19 heavy (non-hydrogen) atoms. The fourth-order valence-electron chi connectivity index (χ4n) is 2.49. The van der Waals surface area contributed by atoms with Crippen LogP contribution in [0.25, 0.3) is 0 Å². The maximum atomic E-state index is 13.7. The molecule has 1 unspecified atom stereocenters. The number of carboxylic acids is 1. The third-order valence-corrected chi connectivity index (χ3v) is 3.52. The summed E-state index contributed by atoms with van der Waals surface area (Å²) in [4.78, 5) is 13.3. The van der Waals surface area contributed by atoms with Gasteiger partial charge in [-0.05, 0) is 44.1 Å². The van der Waals surface area contributed by atoms with E-state index < -0.39 is 23.5 Å². The number of hydrogen-bond acceptors (Lipinski definition) is 2. The lowest BCUT2D eigenvalue weighted by Gasteiger charge is -2.29. The molecule has 104 valence electrons. The van der Waals surface area contributed by atoms with Crippen LogP contribution in [0.2, 0.25) is 0 Å². The summed E-state index contributed by atoms with van der Waals surface area (Å²) < 4.78 is 26.9. The van der Waals surface area contributed by atoms with Gasteiger partial charge in [-0.3, -0.25) is 4.79 Å². The number of halogens is 2. The molecule has 2 rings (SSSR count). The Labute approximate surface area is 110 Å². The molecule has 1 aromatic carbocycles. The van der Waals surface area contributed by atoms with Crippen LogP contribution in [0.15, 0.2) is 18.2 Å². The van der Waals surface area contributed by atoms with Gasteiger partial charge in [0.15, 0.2) is 0 Å². The predicted molar refractivity (Wildman–Crippen MR) is 67.0 cm³/mol. The summed E-state index contributed by atoms with van der Waals surface area (Å²) in [5.74, 6) is -3.41. The molecule has 0 saturated carbocycles. The van der Waals surface area contributed by atoms with Gasteiger partial charge in [0.2, 0.25) is 0 Å². The largest absolute Gasteiger partial charge is 0.481 e. The van der Waals surface area contributed by atoms with E-state index in [1.54, 1.807) is 0 Å². The Morgan fingerprint density at radius 1 is 1.26 bits per heavy atom. The third-order valence-electron chi connectivity index (χ3n) is 3.52. The molecule has 0 amide bonds. The Bertz CT molecular complexity index is 459. The van der Waals surface area contributed by atoms with Gasteiger partial charge >= 0.3 is 5.97 Å². The zero-order valence-corrected chi connectivity index (χ0v) is 10.6. The highest BCUT2D eigenvalue weighted by atomic mass is 19.1. The second-order valence-electron chi connectivity index (χ2n) is 4.92. The van der Waals surface area contributed by atoms with Gasteiger partial charge in [-0.25, -0.2) is 8.78 Å². The van der Waals surface area contributed by atoms with Gasteiger partial charge in [0.1, 0.15) is 11.6 Å². The summed E-state index contributed by atoms with van der Waals surface area (Å²) in [5.41, 5.74) is -0.0712. The van der Waals surface area contributed by atoms with Gasteiger partial charge in [0.25, 0.3) is 0 Å². The maximum Gasteiger partial charge on any atom is 0.312 e. The second kappa shape index (κ2) is 6.10. The van der Waals surface area contributed by atoms with Crippen molar-refractivity contribution < 1.29 is 18.7 Å². The van der Waals surface area contributed by atoms with E-state index in [1.165, 1.54) is 0 Å². The molecule has 0 bridgehead atoms. The molecule has 1 aromatic rings. The standard InChI is InChI=1S/C14H17F2NO2/c15-10-4-5-13(16)11(8-10)12(14(18)19)9-17-6-2-1-3-7-17/h4-5,8,12H,1-3,6-7,9H2,(H,18,19). The van der Waals surface area contributed by atoms with Crippen LogP contribution in [-0.4, -0.2) is 35.6 Å². The Hall–Kier alpha value is -1.49. The van der Waals surface area contributed by atoms with E-state index >= 15 is 0 Å². The zero-order valence-electron chi connectivity index (χ0n) is 10.6. The molecule has 1 saturated heterocycles. The van der Waals surface area contributed by atoms with Gasteiger partial charge < -0.3 is 10.0 Å². The summed E-state index contributed by atoms with van der Waals surface area (Å²) in [7, 11) is 0. The first-order valence-electron chi connectivity index (χ1n) is 6.48. The minimum atomic E-state index is -1.12. The maximum absolute atomic E-state index is 13.7. The average molecular weight is 269 g/mol. The van der Waals surface area contributed by atoms with Crippen LogP contribution in [0.5, 0.6) is 0 Å². The minimum absolute atomic E-state index is 0.0712. The van der Waals surface area contributed by atoms with E-state index in [0.29, 0.717) is 0 Å². The van der Waals surface area contributed by atoms with E-state index in [0.717, 1.165) is 50.6 Å². The molecule has 1 atom stereocenters. The van der Waals surface area contributed by atoms with Crippen molar-refractivity contribution in [1.82, 2.24) is 4.90 Å². The number of piperidine rings is 1. The van der Waals surface area contributed by atoms with Gasteiger partial charge in [-0.2, -0.15) is 0 Å². The quantitative estimate of drug-likeness (QED) is 0.913. The highest BCUT2D eigenvalue weighted by Gasteiger charge is 2.26. The molecule has 1 aliphatic heterocycles. The number of benzene rings is 1. The van der Waals surface area contributed by atoms with Crippen LogP contribution in [0.1, 0.15) is 30.7 Å². The molecule has 1 heterocycles. The number of likely N-dealkylation sites (tertiary alicyclic amines) is 1. The van der Waals surface area contributed by atoms with E-state index in [4.69, 9.17) is 0 Å². The van der Waals surface area contributed by atoms with Gasteiger partial charge in [-0.1, -0.05) is 6.42 Å². The number of hydrogen-bond donors (Lipinski definition) is 1. The average Bonchev–Trinajstić information content (AvgIpc) is 2.40. The van der Waals surface area contributed by atoms with Crippen molar-refractivity contribution in [2.75, 3.05) is 19.6 Å². The van der Waals surface area contributed by atoms with Gasteiger partial charge in [0, 0.05) is 12.1 Å². The monoisotopic (exact) mass is 269 g/mol. The van der Waals surface area contributed by atoms with Gasteiger partial charge in [0.05, 0.1) is 5.92 Å². The number of carbonyl (C=O) groups is 1. The number of carboxylic acid groups (broad SMARTS) is 1. The smallest absolute Gasteiger partial charge is 0.312 e. The van der Waals surface area contributed by atoms with Crippen LogP contribution in [-0.2, 0) is 4.79 Å². The molecule has 0 spiro atoms. The van der Waals surface area contributed by atoms with Crippen LogP contribution >= 0.6 is 0 Å². The summed E-state index contributed by atoms with van der Waals surface area (Å²) >= 11 is 0. The third kappa shape index (κ3) is 3.50. The van der Waals surface area contributed by atoms with Crippen molar-refractivity contribution in [3.63, 3.8) is 0 Å².